The van der Waals surface area contributed by atoms with Crippen LogP contribution in [-0.2, 0) is 47.6 Å². The molecule has 0 spiro atoms. The van der Waals surface area contributed by atoms with Gasteiger partial charge in [0.1, 0.15) is 29.5 Å². The van der Waals surface area contributed by atoms with Gasteiger partial charge >= 0.3 is 30.0 Å². The fourth-order valence-corrected chi connectivity index (χ4v) is 9.91. The molecule has 16 nitrogen and oxygen atoms in total. The maximum Gasteiger partial charge on any atom is 0.407 e. The number of hydrogen-bond donors (Lipinski definition) is 4. The summed E-state index contributed by atoms with van der Waals surface area (Å²) in [6.45, 7) is 16.9. The zero-order chi connectivity index (χ0) is 45.8. The highest BCUT2D eigenvalue weighted by Gasteiger charge is 2.78. The molecule has 11 atom stereocenters. The number of nitrogens with one attached hydrogen (secondary N) is 1. The van der Waals surface area contributed by atoms with Crippen molar-refractivity contribution in [2.45, 2.75) is 161 Å². The predicted molar refractivity (Wildman–Crippen MR) is 217 cm³/mol. The van der Waals surface area contributed by atoms with Crippen LogP contribution < -0.4 is 5.32 Å². The van der Waals surface area contributed by atoms with Gasteiger partial charge in [-0.2, -0.15) is 0 Å². The summed E-state index contributed by atoms with van der Waals surface area (Å²) >= 11 is 6.27. The van der Waals surface area contributed by atoms with E-state index < -0.39 is 118 Å². The third kappa shape index (κ3) is 8.80. The SMILES string of the molecule is CCC(=O)O[C@H]1C(=O)[C@@]2(C)C([C@H](OC(=O)c3cccc(Cl)c3)[C@]3(O)C[C@H](OC(=O)[C@H](O)[C@H](CC(C)C)NC(=O)OC(C)(C)C)C(C)=C1C3(C)C)[C@]1(OC(C)=O)CO[C@@H]1C[C@@H]2O. The second kappa shape index (κ2) is 17.2. The van der Waals surface area contributed by atoms with Gasteiger partial charge in [-0.25, -0.2) is 14.4 Å². The lowest BCUT2D eigenvalue weighted by molar-refractivity contribution is -0.346. The smallest absolute Gasteiger partial charge is 0.407 e. The lowest BCUT2D eigenvalue weighted by atomic mass is 9.44. The molecule has 2 bridgehead atoms. The number of aliphatic hydroxyl groups is 3. The number of esters is 4. The van der Waals surface area contributed by atoms with E-state index in [-0.39, 0.29) is 53.5 Å². The van der Waals surface area contributed by atoms with Crippen LogP contribution in [-0.4, -0.2) is 117 Å². The van der Waals surface area contributed by atoms with Crippen LogP contribution >= 0.6 is 11.6 Å². The van der Waals surface area contributed by atoms with Gasteiger partial charge in [-0.15, -0.1) is 0 Å². The van der Waals surface area contributed by atoms with Crippen LogP contribution in [0.3, 0.4) is 0 Å². The summed E-state index contributed by atoms with van der Waals surface area (Å²) in [5.41, 5.74) is -8.72. The van der Waals surface area contributed by atoms with Crippen molar-refractivity contribution in [3.05, 3.63) is 46.0 Å². The maximum absolute atomic E-state index is 15.5. The number of ketones is 1. The standard InChI is InChI=1S/C44H60ClNO15/c1-12-30(49)58-33-31-22(4)27(57-38(53)32(50)26(16-21(2)3)46-39(54)61-40(6,7)8)19-44(55,41(31,9)10)36(59-37(52)24-14-13-15-25(45)17-24)34-42(11,35(33)51)28(48)18-29-43(34,20-56-29)60-23(5)47/h13-15,17,21,26-29,32-34,36,48,50,55H,12,16,18-20H2,1-11H3,(H,46,54)/t26-,27-,28-,29+,32+,33+,34?,36-,42+,43-,44+/m0/s1. The summed E-state index contributed by atoms with van der Waals surface area (Å²) in [7, 11) is 0. The number of carbonyl (C=O) groups excluding carboxylic acids is 6. The van der Waals surface area contributed by atoms with Gasteiger partial charge < -0.3 is 49.1 Å². The third-order valence-corrected chi connectivity index (χ3v) is 13.0. The highest BCUT2D eigenvalue weighted by molar-refractivity contribution is 6.30. The molecule has 17 heteroatoms. The van der Waals surface area contributed by atoms with Gasteiger partial charge in [0.05, 0.1) is 35.6 Å². The molecule has 4 aliphatic rings. The molecular formula is C44H60ClNO15. The average Bonchev–Trinajstić information content (AvgIpc) is 3.14. The van der Waals surface area contributed by atoms with Gasteiger partial charge in [-0.1, -0.05) is 52.3 Å². The second-order valence-electron chi connectivity index (χ2n) is 18.9. The Labute approximate surface area is 360 Å². The highest BCUT2D eigenvalue weighted by atomic mass is 35.5. The fraction of sp³-hybridized carbons (Fsp3) is 0.682. The Kier molecular flexibility index (Phi) is 13.5. The Morgan fingerprint density at radius 3 is 2.26 bits per heavy atom. The zero-order valence-corrected chi connectivity index (χ0v) is 37.4. The molecule has 0 aromatic heterocycles. The number of halogens is 1. The summed E-state index contributed by atoms with van der Waals surface area (Å²) < 4.78 is 35.7. The molecule has 5 rings (SSSR count). The minimum absolute atomic E-state index is 0.00449. The van der Waals surface area contributed by atoms with Gasteiger partial charge in [0.15, 0.2) is 23.6 Å². The van der Waals surface area contributed by atoms with Crippen LogP contribution in [0.2, 0.25) is 5.02 Å². The van der Waals surface area contributed by atoms with Gasteiger partial charge in [0, 0.05) is 36.6 Å². The number of alkyl carbamates (subject to hydrolysis) is 1. The molecule has 3 fully saturated rings. The van der Waals surface area contributed by atoms with Crippen molar-refractivity contribution in [3.63, 3.8) is 0 Å². The Morgan fingerprint density at radius 2 is 1.72 bits per heavy atom. The minimum atomic E-state index is -2.41. The molecular weight excluding hydrogens is 818 g/mol. The number of benzene rings is 1. The van der Waals surface area contributed by atoms with E-state index in [1.807, 2.05) is 13.8 Å². The highest BCUT2D eigenvalue weighted by Crippen LogP contribution is 2.64. The minimum Gasteiger partial charge on any atom is -0.456 e. The lowest BCUT2D eigenvalue weighted by Gasteiger charge is -2.67. The Balaban J connectivity index is 1.74. The third-order valence-electron chi connectivity index (χ3n) is 12.8. The Morgan fingerprint density at radius 1 is 1.07 bits per heavy atom. The monoisotopic (exact) mass is 877 g/mol. The van der Waals surface area contributed by atoms with E-state index in [1.165, 1.54) is 45.0 Å². The normalized spacial score (nSPS) is 32.7. The molecule has 61 heavy (non-hydrogen) atoms. The van der Waals surface area contributed by atoms with E-state index in [0.717, 1.165) is 6.92 Å². The number of aliphatic hydroxyl groups excluding tert-OH is 2. The number of rotatable bonds is 11. The Hall–Kier alpha value is -4.09. The van der Waals surface area contributed by atoms with E-state index in [1.54, 1.807) is 34.6 Å². The van der Waals surface area contributed by atoms with Crippen LogP contribution in [0.25, 0.3) is 0 Å². The van der Waals surface area contributed by atoms with E-state index >= 15 is 4.79 Å². The molecule has 1 amide bonds. The topological polar surface area (TPSA) is 231 Å². The van der Waals surface area contributed by atoms with Crippen LogP contribution in [0.1, 0.15) is 112 Å². The summed E-state index contributed by atoms with van der Waals surface area (Å²) in [6.07, 6.45) is -11.5. The molecule has 0 radical (unpaired) electrons. The number of Topliss-reactive ketones (excluding diaryl/α,β-unsaturated/α-hetero) is 1. The summed E-state index contributed by atoms with van der Waals surface area (Å²) in [6, 6.07) is 4.60. The van der Waals surface area contributed by atoms with E-state index in [2.05, 4.69) is 5.32 Å². The molecule has 1 unspecified atom stereocenters. The first-order valence-corrected chi connectivity index (χ1v) is 21.0. The molecule has 3 aliphatic carbocycles. The number of ether oxygens (including phenoxy) is 6. The van der Waals surface area contributed by atoms with Crippen molar-refractivity contribution in [2.24, 2.45) is 22.7 Å². The van der Waals surface area contributed by atoms with Gasteiger partial charge in [-0.3, -0.25) is 14.4 Å². The molecule has 2 saturated carbocycles. The number of fused-ring (bicyclic) bond motifs is 5. The van der Waals surface area contributed by atoms with Crippen molar-refractivity contribution < 1.29 is 72.5 Å². The molecule has 338 valence electrons. The molecule has 1 aliphatic heterocycles. The molecule has 1 heterocycles. The van der Waals surface area contributed by atoms with Gasteiger partial charge in [0.25, 0.3) is 0 Å². The van der Waals surface area contributed by atoms with Crippen molar-refractivity contribution in [1.29, 1.82) is 0 Å². The first-order valence-electron chi connectivity index (χ1n) is 20.7. The van der Waals surface area contributed by atoms with Crippen molar-refractivity contribution in [1.82, 2.24) is 5.32 Å². The predicted octanol–water partition coefficient (Wildman–Crippen LogP) is 4.55. The lowest BCUT2D eigenvalue weighted by Crippen LogP contribution is -2.82. The zero-order valence-electron chi connectivity index (χ0n) is 36.7. The van der Waals surface area contributed by atoms with Crippen molar-refractivity contribution >= 4 is 47.4 Å². The average molecular weight is 878 g/mol. The number of hydrogen-bond acceptors (Lipinski definition) is 15. The van der Waals surface area contributed by atoms with E-state index in [4.69, 9.17) is 40.0 Å². The molecule has 1 aromatic rings. The summed E-state index contributed by atoms with van der Waals surface area (Å²) in [5.74, 6) is -6.39. The first kappa shape index (κ1) is 48.0. The first-order chi connectivity index (χ1) is 28.1. The number of carbonyl (C=O) groups is 6. The van der Waals surface area contributed by atoms with Crippen LogP contribution in [0, 0.1) is 22.7 Å². The van der Waals surface area contributed by atoms with Gasteiger partial charge in [0.2, 0.25) is 0 Å². The van der Waals surface area contributed by atoms with Crippen LogP contribution in [0.5, 0.6) is 0 Å². The number of amides is 1. The molecule has 4 N–H and O–H groups in total. The Bertz CT molecular complexity index is 1960. The maximum atomic E-state index is 15.5. The fourth-order valence-electron chi connectivity index (χ4n) is 9.72. The van der Waals surface area contributed by atoms with Crippen molar-refractivity contribution in [3.8, 4) is 0 Å². The van der Waals surface area contributed by atoms with E-state index in [9.17, 15) is 39.3 Å². The second-order valence-corrected chi connectivity index (χ2v) is 19.3. The largest absolute Gasteiger partial charge is 0.456 e. The van der Waals surface area contributed by atoms with Crippen LogP contribution in [0.15, 0.2) is 35.4 Å². The molecule has 1 saturated heterocycles. The van der Waals surface area contributed by atoms with Crippen molar-refractivity contribution in [2.75, 3.05) is 6.61 Å². The van der Waals surface area contributed by atoms with Gasteiger partial charge in [-0.05, 0) is 76.3 Å². The quantitative estimate of drug-likeness (QED) is 0.136. The molecule has 1 aromatic carbocycles. The summed E-state index contributed by atoms with van der Waals surface area (Å²) in [5, 5.41) is 40.0. The summed E-state index contributed by atoms with van der Waals surface area (Å²) in [4.78, 5) is 83.1. The van der Waals surface area contributed by atoms with E-state index in [0.29, 0.717) is 0 Å². The van der Waals surface area contributed by atoms with Crippen LogP contribution in [0.4, 0.5) is 4.79 Å².